The molecule has 0 bridgehead atoms. The van der Waals surface area contributed by atoms with E-state index in [-0.39, 0.29) is 10.0 Å². The first-order valence-electron chi connectivity index (χ1n) is 4.47. The van der Waals surface area contributed by atoms with Gasteiger partial charge in [-0.1, -0.05) is 34.1 Å². The van der Waals surface area contributed by atoms with Gasteiger partial charge in [0.25, 0.3) is 0 Å². The predicted molar refractivity (Wildman–Crippen MR) is 56.5 cm³/mol. The van der Waals surface area contributed by atoms with Gasteiger partial charge in [0.15, 0.2) is 6.10 Å². The van der Waals surface area contributed by atoms with Crippen molar-refractivity contribution in [1.82, 2.24) is 0 Å². The summed E-state index contributed by atoms with van der Waals surface area (Å²) in [5.74, 6) is -1.45. The van der Waals surface area contributed by atoms with Crippen molar-refractivity contribution in [2.45, 2.75) is 12.3 Å². The number of carbonyl (C=O) groups is 1. The lowest BCUT2D eigenvalue weighted by molar-refractivity contribution is -0.225. The Bertz CT molecular complexity index is 406. The Morgan fingerprint density at radius 3 is 2.47 bits per heavy atom. The van der Waals surface area contributed by atoms with E-state index >= 15 is 0 Å². The van der Waals surface area contributed by atoms with Crippen molar-refractivity contribution in [2.75, 3.05) is 6.61 Å². The molecule has 7 heteroatoms. The van der Waals surface area contributed by atoms with Crippen molar-refractivity contribution in [2.24, 2.45) is 0 Å². The predicted octanol–water partition coefficient (Wildman–Crippen LogP) is 3.15. The zero-order chi connectivity index (χ0) is 13.1. The normalized spacial score (nSPS) is 13.4. The maximum Gasteiger partial charge on any atom is 0.418 e. The van der Waals surface area contributed by atoms with Crippen molar-refractivity contribution in [3.05, 3.63) is 34.3 Å². The summed E-state index contributed by atoms with van der Waals surface area (Å²) >= 11 is 2.97. The van der Waals surface area contributed by atoms with Crippen molar-refractivity contribution in [3.8, 4) is 0 Å². The van der Waals surface area contributed by atoms with Crippen LogP contribution in [0.5, 0.6) is 0 Å². The topological polar surface area (TPSA) is 46.5 Å². The first-order valence-corrected chi connectivity index (χ1v) is 5.26. The molecule has 17 heavy (non-hydrogen) atoms. The lowest BCUT2D eigenvalue weighted by Crippen LogP contribution is -2.26. The number of aliphatic carboxylic acids is 1. The SMILES string of the molecule is O=C(O)CO[C@@H](c1ccccc1Br)C(F)(F)F. The Hall–Kier alpha value is -1.08. The summed E-state index contributed by atoms with van der Waals surface area (Å²) < 4.78 is 42.7. The number of halogens is 4. The minimum atomic E-state index is -4.67. The Morgan fingerprint density at radius 2 is 2.00 bits per heavy atom. The molecule has 0 aliphatic rings. The largest absolute Gasteiger partial charge is 0.480 e. The Balaban J connectivity index is 2.99. The molecule has 0 fully saturated rings. The second-order valence-corrected chi connectivity index (χ2v) is 4.00. The van der Waals surface area contributed by atoms with Crippen LogP contribution in [0.3, 0.4) is 0 Å². The first-order chi connectivity index (χ1) is 7.82. The van der Waals surface area contributed by atoms with Gasteiger partial charge in [-0.3, -0.25) is 0 Å². The maximum atomic E-state index is 12.7. The Kier molecular flexibility index (Phi) is 4.53. The van der Waals surface area contributed by atoms with E-state index in [0.717, 1.165) is 0 Å². The molecule has 1 atom stereocenters. The molecule has 1 rings (SSSR count). The lowest BCUT2D eigenvalue weighted by atomic mass is 10.1. The van der Waals surface area contributed by atoms with Crippen molar-refractivity contribution < 1.29 is 27.8 Å². The highest BCUT2D eigenvalue weighted by atomic mass is 79.9. The quantitative estimate of drug-likeness (QED) is 0.929. The third kappa shape index (κ3) is 4.01. The fourth-order valence-corrected chi connectivity index (χ4v) is 1.70. The number of benzene rings is 1. The first kappa shape index (κ1) is 14.0. The van der Waals surface area contributed by atoms with Gasteiger partial charge in [-0.05, 0) is 6.07 Å². The van der Waals surface area contributed by atoms with Crippen molar-refractivity contribution >= 4 is 21.9 Å². The van der Waals surface area contributed by atoms with E-state index in [1.807, 2.05) is 0 Å². The van der Waals surface area contributed by atoms with Crippen LogP contribution in [0.4, 0.5) is 13.2 Å². The summed E-state index contributed by atoms with van der Waals surface area (Å²) in [6.45, 7) is -1.01. The molecule has 0 amide bonds. The zero-order valence-electron chi connectivity index (χ0n) is 8.37. The number of carboxylic acid groups (broad SMARTS) is 1. The minimum absolute atomic E-state index is 0.152. The monoisotopic (exact) mass is 312 g/mol. The van der Waals surface area contributed by atoms with Gasteiger partial charge >= 0.3 is 12.1 Å². The summed E-state index contributed by atoms with van der Waals surface area (Å²) in [7, 11) is 0. The smallest absolute Gasteiger partial charge is 0.418 e. The van der Waals surface area contributed by atoms with Gasteiger partial charge < -0.3 is 9.84 Å². The number of alkyl halides is 3. The van der Waals surface area contributed by atoms with Crippen LogP contribution >= 0.6 is 15.9 Å². The molecule has 1 N–H and O–H groups in total. The fourth-order valence-electron chi connectivity index (χ4n) is 1.20. The summed E-state index contributed by atoms with van der Waals surface area (Å²) in [6.07, 6.45) is -6.92. The molecule has 0 aliphatic heterocycles. The van der Waals surface area contributed by atoms with E-state index in [1.54, 1.807) is 6.07 Å². The second-order valence-electron chi connectivity index (χ2n) is 3.15. The molecule has 94 valence electrons. The summed E-state index contributed by atoms with van der Waals surface area (Å²) in [5.41, 5.74) is -0.152. The molecule has 0 aliphatic carbocycles. The van der Waals surface area contributed by atoms with E-state index in [1.165, 1.54) is 18.2 Å². The van der Waals surface area contributed by atoms with E-state index in [4.69, 9.17) is 5.11 Å². The lowest BCUT2D eigenvalue weighted by Gasteiger charge is -2.21. The van der Waals surface area contributed by atoms with Gasteiger partial charge in [0.1, 0.15) is 6.61 Å². The molecule has 3 nitrogen and oxygen atoms in total. The third-order valence-electron chi connectivity index (χ3n) is 1.86. The average Bonchev–Trinajstić information content (AvgIpc) is 2.18. The Labute approximate surface area is 103 Å². The van der Waals surface area contributed by atoms with E-state index in [9.17, 15) is 18.0 Å². The molecular formula is C10H8BrF3O3. The average molecular weight is 313 g/mol. The standard InChI is InChI=1S/C10H8BrF3O3/c11-7-4-2-1-3-6(7)9(10(12,13)14)17-5-8(15)16/h1-4,9H,5H2,(H,15,16)/t9-/m0/s1. The van der Waals surface area contributed by atoms with Crippen LogP contribution in [0.2, 0.25) is 0 Å². The summed E-state index contributed by atoms with van der Waals surface area (Å²) in [5, 5.41) is 8.34. The van der Waals surface area contributed by atoms with Crippen LogP contribution in [0.1, 0.15) is 11.7 Å². The van der Waals surface area contributed by atoms with Gasteiger partial charge in [0.2, 0.25) is 0 Å². The zero-order valence-corrected chi connectivity index (χ0v) is 9.96. The van der Waals surface area contributed by atoms with E-state index < -0.39 is 24.9 Å². The van der Waals surface area contributed by atoms with Crippen LogP contribution in [-0.4, -0.2) is 23.9 Å². The third-order valence-corrected chi connectivity index (χ3v) is 2.58. The fraction of sp³-hybridized carbons (Fsp3) is 0.300. The summed E-state index contributed by atoms with van der Waals surface area (Å²) in [6, 6.07) is 5.63. The highest BCUT2D eigenvalue weighted by Gasteiger charge is 2.43. The van der Waals surface area contributed by atoms with Gasteiger partial charge in [0.05, 0.1) is 0 Å². The van der Waals surface area contributed by atoms with Gasteiger partial charge in [0, 0.05) is 10.0 Å². The maximum absolute atomic E-state index is 12.7. The highest BCUT2D eigenvalue weighted by molar-refractivity contribution is 9.10. The van der Waals surface area contributed by atoms with Crippen molar-refractivity contribution in [3.63, 3.8) is 0 Å². The number of hydrogen-bond donors (Lipinski definition) is 1. The molecular weight excluding hydrogens is 305 g/mol. The number of ether oxygens (including phenoxy) is 1. The van der Waals surface area contributed by atoms with Gasteiger partial charge in [-0.25, -0.2) is 4.79 Å². The molecule has 0 unspecified atom stereocenters. The number of carboxylic acids is 1. The number of hydrogen-bond acceptors (Lipinski definition) is 2. The molecule has 0 saturated carbocycles. The molecule has 0 heterocycles. The van der Waals surface area contributed by atoms with E-state index in [0.29, 0.717) is 0 Å². The molecule has 1 aromatic rings. The van der Waals surface area contributed by atoms with Gasteiger partial charge in [-0.2, -0.15) is 13.2 Å². The van der Waals surface area contributed by atoms with Crippen LogP contribution in [0, 0.1) is 0 Å². The number of rotatable bonds is 4. The van der Waals surface area contributed by atoms with E-state index in [2.05, 4.69) is 20.7 Å². The summed E-state index contributed by atoms with van der Waals surface area (Å²) in [4.78, 5) is 10.2. The van der Waals surface area contributed by atoms with Crippen LogP contribution in [0.15, 0.2) is 28.7 Å². The van der Waals surface area contributed by atoms with Crippen molar-refractivity contribution in [1.29, 1.82) is 0 Å². The molecule has 0 saturated heterocycles. The second kappa shape index (κ2) is 5.50. The Morgan fingerprint density at radius 1 is 1.41 bits per heavy atom. The molecule has 1 aromatic carbocycles. The minimum Gasteiger partial charge on any atom is -0.480 e. The molecule has 0 aromatic heterocycles. The van der Waals surface area contributed by atoms with Crippen LogP contribution in [0.25, 0.3) is 0 Å². The molecule has 0 spiro atoms. The molecule has 0 radical (unpaired) electrons. The highest BCUT2D eigenvalue weighted by Crippen LogP contribution is 2.38. The van der Waals surface area contributed by atoms with Crippen LogP contribution < -0.4 is 0 Å². The van der Waals surface area contributed by atoms with Crippen LogP contribution in [-0.2, 0) is 9.53 Å². The van der Waals surface area contributed by atoms with Gasteiger partial charge in [-0.15, -0.1) is 0 Å².